The molecule has 0 unspecified atom stereocenters. The van der Waals surface area contributed by atoms with Crippen LogP contribution < -0.4 is 0 Å². The monoisotopic (exact) mass is 188 g/mol. The molecule has 0 nitrogen and oxygen atoms in total. The lowest BCUT2D eigenvalue weighted by atomic mass is 10.0. The molecule has 1 rings (SSSR count). The number of thiophene rings is 1. The van der Waals surface area contributed by atoms with Crippen LogP contribution in [0.3, 0.4) is 0 Å². The lowest BCUT2D eigenvalue weighted by Gasteiger charge is -1.79. The van der Waals surface area contributed by atoms with Crippen molar-refractivity contribution in [3.05, 3.63) is 20.8 Å². The highest BCUT2D eigenvalue weighted by Gasteiger charge is 1.91. The maximum absolute atomic E-state index is 3.38. The van der Waals surface area contributed by atoms with Gasteiger partial charge in [-0.1, -0.05) is 0 Å². The zero-order valence-electron chi connectivity index (χ0n) is 4.65. The van der Waals surface area contributed by atoms with Crippen molar-refractivity contribution in [1.29, 1.82) is 0 Å². The van der Waals surface area contributed by atoms with Crippen LogP contribution in [-0.2, 0) is 6.32 Å². The van der Waals surface area contributed by atoms with E-state index in [0.717, 1.165) is 6.32 Å². The van der Waals surface area contributed by atoms with Crippen molar-refractivity contribution in [2.45, 2.75) is 6.32 Å². The highest BCUT2D eigenvalue weighted by Crippen LogP contribution is 2.18. The van der Waals surface area contributed by atoms with Gasteiger partial charge in [-0.2, -0.15) is 0 Å². The molecule has 1 aromatic rings. The summed E-state index contributed by atoms with van der Waals surface area (Å²) in [6.45, 7) is 0. The topological polar surface area (TPSA) is 0 Å². The second kappa shape index (κ2) is 2.69. The molecule has 0 fully saturated rings. The molecule has 0 radical (unpaired) electrons. The summed E-state index contributed by atoms with van der Waals surface area (Å²) in [6, 6.07) is 2.16. The van der Waals surface area contributed by atoms with Crippen LogP contribution in [0.25, 0.3) is 0 Å². The van der Waals surface area contributed by atoms with E-state index in [1.807, 2.05) is 0 Å². The number of hydrogen-bond acceptors (Lipinski definition) is 1. The molecular formula is C5H6BBrS. The van der Waals surface area contributed by atoms with Gasteiger partial charge >= 0.3 is 0 Å². The van der Waals surface area contributed by atoms with Gasteiger partial charge in [-0.15, -0.1) is 11.3 Å². The van der Waals surface area contributed by atoms with Gasteiger partial charge in [-0.25, -0.2) is 0 Å². The van der Waals surface area contributed by atoms with Gasteiger partial charge in [-0.3, -0.25) is 0 Å². The third-order valence-corrected chi connectivity index (χ3v) is 2.81. The van der Waals surface area contributed by atoms with Crippen LogP contribution in [-0.4, -0.2) is 7.85 Å². The molecule has 0 bridgehead atoms. The SMILES string of the molecule is BCc1cc(Br)cs1. The van der Waals surface area contributed by atoms with E-state index in [-0.39, 0.29) is 0 Å². The quantitative estimate of drug-likeness (QED) is 0.589. The van der Waals surface area contributed by atoms with E-state index in [9.17, 15) is 0 Å². The van der Waals surface area contributed by atoms with Crippen LogP contribution in [0, 0.1) is 0 Å². The first-order valence-corrected chi connectivity index (χ1v) is 4.23. The van der Waals surface area contributed by atoms with Crippen molar-refractivity contribution in [2.24, 2.45) is 0 Å². The second-order valence-electron chi connectivity index (χ2n) is 1.58. The molecule has 0 atom stereocenters. The Hall–Kier alpha value is 0.245. The van der Waals surface area contributed by atoms with Crippen molar-refractivity contribution >= 4 is 35.1 Å². The zero-order chi connectivity index (χ0) is 5.98. The summed E-state index contributed by atoms with van der Waals surface area (Å²) in [5.74, 6) is 0. The molecule has 0 aliphatic heterocycles. The Bertz CT molecular complexity index is 173. The van der Waals surface area contributed by atoms with Gasteiger partial charge in [0.05, 0.1) is 0 Å². The molecule has 8 heavy (non-hydrogen) atoms. The van der Waals surface area contributed by atoms with E-state index in [2.05, 4.69) is 35.2 Å². The maximum atomic E-state index is 3.38. The summed E-state index contributed by atoms with van der Waals surface area (Å²) in [6.07, 6.45) is 1.15. The maximum Gasteiger partial charge on any atom is 0.108 e. The zero-order valence-corrected chi connectivity index (χ0v) is 7.05. The predicted octanol–water partition coefficient (Wildman–Crippen LogP) is 1.64. The third kappa shape index (κ3) is 1.36. The second-order valence-corrected chi connectivity index (χ2v) is 3.50. The summed E-state index contributed by atoms with van der Waals surface area (Å²) in [4.78, 5) is 1.44. The van der Waals surface area contributed by atoms with E-state index >= 15 is 0 Å². The smallest absolute Gasteiger partial charge is 0.108 e. The molecule has 0 spiro atoms. The van der Waals surface area contributed by atoms with Gasteiger partial charge in [0.15, 0.2) is 0 Å². The first-order chi connectivity index (χ1) is 3.83. The van der Waals surface area contributed by atoms with Crippen LogP contribution in [0.5, 0.6) is 0 Å². The molecule has 3 heteroatoms. The first-order valence-electron chi connectivity index (χ1n) is 2.56. The minimum Gasteiger partial charge on any atom is -0.148 e. The van der Waals surface area contributed by atoms with Gasteiger partial charge < -0.3 is 0 Å². The summed E-state index contributed by atoms with van der Waals surface area (Å²) < 4.78 is 1.21. The van der Waals surface area contributed by atoms with E-state index < -0.39 is 0 Å². The standard InChI is InChI=1S/C5H6BBrS/c6-2-5-1-4(7)3-8-5/h1,3H,2,6H2. The van der Waals surface area contributed by atoms with Crippen LogP contribution in [0.4, 0.5) is 0 Å². The van der Waals surface area contributed by atoms with Gasteiger partial charge in [0.1, 0.15) is 7.85 Å². The Morgan fingerprint density at radius 1 is 1.75 bits per heavy atom. The molecule has 42 valence electrons. The van der Waals surface area contributed by atoms with Gasteiger partial charge in [0, 0.05) is 9.85 Å². The van der Waals surface area contributed by atoms with E-state index in [1.54, 1.807) is 11.3 Å². The van der Waals surface area contributed by atoms with Crippen molar-refractivity contribution in [3.8, 4) is 0 Å². The molecule has 0 aromatic carbocycles. The molecule has 0 N–H and O–H groups in total. The van der Waals surface area contributed by atoms with Gasteiger partial charge in [-0.05, 0) is 33.2 Å². The Labute approximate surface area is 62.5 Å². The van der Waals surface area contributed by atoms with Crippen LogP contribution in [0.2, 0.25) is 0 Å². The van der Waals surface area contributed by atoms with Crippen molar-refractivity contribution in [1.82, 2.24) is 0 Å². The van der Waals surface area contributed by atoms with E-state index in [4.69, 9.17) is 0 Å². The highest BCUT2D eigenvalue weighted by molar-refractivity contribution is 9.10. The summed E-state index contributed by atoms with van der Waals surface area (Å²) in [5, 5.41) is 2.11. The highest BCUT2D eigenvalue weighted by atomic mass is 79.9. The first kappa shape index (κ1) is 6.37. The fourth-order valence-corrected chi connectivity index (χ4v) is 1.94. The Balaban J connectivity index is 2.84. The molecule has 0 saturated heterocycles. The van der Waals surface area contributed by atoms with Gasteiger partial charge in [0.25, 0.3) is 0 Å². The average molecular weight is 189 g/mol. The minimum absolute atomic E-state index is 1.15. The van der Waals surface area contributed by atoms with Crippen molar-refractivity contribution < 1.29 is 0 Å². The fourth-order valence-electron chi connectivity index (χ4n) is 0.539. The molecule has 1 heterocycles. The van der Waals surface area contributed by atoms with Crippen LogP contribution in [0.1, 0.15) is 4.88 Å². The van der Waals surface area contributed by atoms with Crippen LogP contribution in [0.15, 0.2) is 15.9 Å². The molecule has 0 aliphatic carbocycles. The number of hydrogen-bond donors (Lipinski definition) is 0. The largest absolute Gasteiger partial charge is 0.148 e. The number of halogens is 1. The molecule has 0 aliphatic rings. The Morgan fingerprint density at radius 2 is 2.50 bits per heavy atom. The van der Waals surface area contributed by atoms with Crippen LogP contribution >= 0.6 is 27.3 Å². The van der Waals surface area contributed by atoms with E-state index in [0.29, 0.717) is 0 Å². The summed E-state index contributed by atoms with van der Waals surface area (Å²) in [7, 11) is 2.16. The molecule has 1 aromatic heterocycles. The predicted molar refractivity (Wildman–Crippen MR) is 44.3 cm³/mol. The van der Waals surface area contributed by atoms with Gasteiger partial charge in [0.2, 0.25) is 0 Å². The molecular weight excluding hydrogens is 183 g/mol. The Morgan fingerprint density at radius 3 is 2.75 bits per heavy atom. The van der Waals surface area contributed by atoms with Crippen molar-refractivity contribution in [2.75, 3.05) is 0 Å². The van der Waals surface area contributed by atoms with Crippen molar-refractivity contribution in [3.63, 3.8) is 0 Å². The lowest BCUT2D eigenvalue weighted by Crippen LogP contribution is -1.71. The fraction of sp³-hybridized carbons (Fsp3) is 0.200. The third-order valence-electron chi connectivity index (χ3n) is 0.970. The normalized spacial score (nSPS) is 9.62. The molecule has 0 saturated carbocycles. The van der Waals surface area contributed by atoms with E-state index in [1.165, 1.54) is 9.35 Å². The Kier molecular flexibility index (Phi) is 2.14. The summed E-state index contributed by atoms with van der Waals surface area (Å²) >= 11 is 5.19. The average Bonchev–Trinajstić information content (AvgIpc) is 2.14. The number of rotatable bonds is 1. The lowest BCUT2D eigenvalue weighted by molar-refractivity contribution is 1.52. The minimum atomic E-state index is 1.15. The summed E-state index contributed by atoms with van der Waals surface area (Å²) in [5.41, 5.74) is 0. The molecule has 0 amide bonds.